The van der Waals surface area contributed by atoms with Crippen LogP contribution in [-0.4, -0.2) is 15.8 Å². The highest BCUT2D eigenvalue weighted by Gasteiger charge is 2.24. The standard InChI is InChI=1S/C17H18ClN3O2/c1-3-4-10(2)7-15(22)13(9-19)16-20-14-8-11(18)5-6-12(14)17(23)21-16/h5-6,8,10,13H,3-4,7H2,1-2H3,(H,20,21,23)/t10-,13-/m0/s1. The zero-order valence-corrected chi connectivity index (χ0v) is 13.9. The molecule has 6 heteroatoms. The van der Waals surface area contributed by atoms with Crippen molar-refractivity contribution in [2.45, 2.75) is 39.0 Å². The number of benzene rings is 1. The number of carbonyl (C=O) groups is 1. The van der Waals surface area contributed by atoms with Crippen LogP contribution in [0, 0.1) is 17.2 Å². The smallest absolute Gasteiger partial charge is 0.258 e. The Morgan fingerprint density at radius 2 is 2.22 bits per heavy atom. The zero-order chi connectivity index (χ0) is 17.0. The first-order valence-electron chi connectivity index (χ1n) is 7.58. The minimum absolute atomic E-state index is 0.0842. The van der Waals surface area contributed by atoms with E-state index in [0.717, 1.165) is 12.8 Å². The van der Waals surface area contributed by atoms with E-state index in [2.05, 4.69) is 16.9 Å². The van der Waals surface area contributed by atoms with Crippen LogP contribution in [0.15, 0.2) is 23.0 Å². The summed E-state index contributed by atoms with van der Waals surface area (Å²) in [4.78, 5) is 31.3. The predicted molar refractivity (Wildman–Crippen MR) is 89.4 cm³/mol. The Balaban J connectivity index is 2.38. The molecule has 1 N–H and O–H groups in total. The van der Waals surface area contributed by atoms with Gasteiger partial charge >= 0.3 is 0 Å². The molecular weight excluding hydrogens is 314 g/mol. The molecule has 0 saturated carbocycles. The molecule has 0 spiro atoms. The van der Waals surface area contributed by atoms with Crippen LogP contribution in [0.4, 0.5) is 0 Å². The molecule has 2 rings (SSSR count). The van der Waals surface area contributed by atoms with Crippen molar-refractivity contribution in [1.82, 2.24) is 9.97 Å². The predicted octanol–water partition coefficient (Wildman–Crippen LogP) is 3.58. The number of nitrogens with one attached hydrogen (secondary N) is 1. The fourth-order valence-electron chi connectivity index (χ4n) is 2.61. The fraction of sp³-hybridized carbons (Fsp3) is 0.412. The first-order valence-corrected chi connectivity index (χ1v) is 7.95. The van der Waals surface area contributed by atoms with Crippen molar-refractivity contribution in [2.24, 2.45) is 5.92 Å². The van der Waals surface area contributed by atoms with Crippen LogP contribution >= 0.6 is 11.6 Å². The van der Waals surface area contributed by atoms with Crippen LogP contribution in [0.3, 0.4) is 0 Å². The second-order valence-electron chi connectivity index (χ2n) is 5.74. The van der Waals surface area contributed by atoms with Gasteiger partial charge in [0.1, 0.15) is 5.82 Å². The molecule has 2 atom stereocenters. The molecule has 0 aliphatic rings. The van der Waals surface area contributed by atoms with Crippen LogP contribution in [0.2, 0.25) is 5.02 Å². The topological polar surface area (TPSA) is 86.6 Å². The second kappa shape index (κ2) is 7.38. The van der Waals surface area contributed by atoms with Crippen molar-refractivity contribution >= 4 is 28.3 Å². The summed E-state index contributed by atoms with van der Waals surface area (Å²) in [5.41, 5.74) is 0.00206. The van der Waals surface area contributed by atoms with Crippen LogP contribution < -0.4 is 5.56 Å². The highest BCUT2D eigenvalue weighted by molar-refractivity contribution is 6.31. The lowest BCUT2D eigenvalue weighted by Crippen LogP contribution is -2.21. The SMILES string of the molecule is CCC[C@H](C)CC(=O)[C@H](C#N)c1nc2cc(Cl)ccc2c(=O)[nH]1. The van der Waals surface area contributed by atoms with Gasteiger partial charge in [-0.3, -0.25) is 9.59 Å². The lowest BCUT2D eigenvalue weighted by molar-refractivity contribution is -0.120. The largest absolute Gasteiger partial charge is 0.308 e. The molecule has 0 aliphatic carbocycles. The number of H-pyrrole nitrogens is 1. The van der Waals surface area contributed by atoms with Crippen molar-refractivity contribution in [1.29, 1.82) is 5.26 Å². The molecule has 1 aromatic carbocycles. The Bertz CT molecular complexity index is 823. The average molecular weight is 332 g/mol. The Hall–Kier alpha value is -2.19. The number of nitrogens with zero attached hydrogens (tertiary/aromatic N) is 2. The fourth-order valence-corrected chi connectivity index (χ4v) is 2.78. The molecule has 0 aliphatic heterocycles. The van der Waals surface area contributed by atoms with Gasteiger partial charge in [-0.1, -0.05) is 38.3 Å². The van der Waals surface area contributed by atoms with Gasteiger partial charge < -0.3 is 4.98 Å². The maximum Gasteiger partial charge on any atom is 0.258 e. The molecular formula is C17H18ClN3O2. The van der Waals surface area contributed by atoms with Gasteiger partial charge in [0.05, 0.1) is 17.0 Å². The summed E-state index contributed by atoms with van der Waals surface area (Å²) in [7, 11) is 0. The first-order chi connectivity index (χ1) is 11.0. The lowest BCUT2D eigenvalue weighted by atomic mass is 9.93. The molecule has 5 nitrogen and oxygen atoms in total. The number of hydrogen-bond donors (Lipinski definition) is 1. The molecule has 1 aromatic heterocycles. The third-order valence-electron chi connectivity index (χ3n) is 3.74. The number of fused-ring (bicyclic) bond motifs is 1. The van der Waals surface area contributed by atoms with Gasteiger partial charge in [0, 0.05) is 11.4 Å². The minimum atomic E-state index is -1.06. The molecule has 120 valence electrons. The molecule has 2 aromatic rings. The quantitative estimate of drug-likeness (QED) is 0.876. The van der Waals surface area contributed by atoms with Crippen LogP contribution in [0.25, 0.3) is 10.9 Å². The van der Waals surface area contributed by atoms with E-state index in [1.165, 1.54) is 0 Å². The molecule has 0 fully saturated rings. The molecule has 23 heavy (non-hydrogen) atoms. The average Bonchev–Trinajstić information content (AvgIpc) is 2.47. The molecule has 0 unspecified atom stereocenters. The molecule has 0 amide bonds. The molecule has 1 heterocycles. The molecule has 0 bridgehead atoms. The summed E-state index contributed by atoms with van der Waals surface area (Å²) >= 11 is 5.92. The molecule has 0 saturated heterocycles. The van der Waals surface area contributed by atoms with Gasteiger partial charge in [-0.2, -0.15) is 5.26 Å². The van der Waals surface area contributed by atoms with Crippen molar-refractivity contribution < 1.29 is 4.79 Å². The number of rotatable bonds is 6. The maximum atomic E-state index is 12.4. The third kappa shape index (κ3) is 3.96. The van der Waals surface area contributed by atoms with E-state index in [-0.39, 0.29) is 23.1 Å². The maximum absolute atomic E-state index is 12.4. The molecule has 0 radical (unpaired) electrons. The van der Waals surface area contributed by atoms with E-state index in [0.29, 0.717) is 22.3 Å². The number of aromatic nitrogens is 2. The Labute approximate surface area is 139 Å². The highest BCUT2D eigenvalue weighted by atomic mass is 35.5. The summed E-state index contributed by atoms with van der Waals surface area (Å²) in [6.45, 7) is 4.03. The van der Waals surface area contributed by atoms with Gasteiger partial charge in [0.25, 0.3) is 5.56 Å². The third-order valence-corrected chi connectivity index (χ3v) is 3.98. The minimum Gasteiger partial charge on any atom is -0.308 e. The van der Waals surface area contributed by atoms with Gasteiger partial charge in [0.2, 0.25) is 0 Å². The number of aromatic amines is 1. The van der Waals surface area contributed by atoms with Crippen LogP contribution in [-0.2, 0) is 4.79 Å². The van der Waals surface area contributed by atoms with Crippen LogP contribution in [0.1, 0.15) is 44.9 Å². The van der Waals surface area contributed by atoms with Crippen LogP contribution in [0.5, 0.6) is 0 Å². The number of ketones is 1. The lowest BCUT2D eigenvalue weighted by Gasteiger charge is -2.12. The summed E-state index contributed by atoms with van der Waals surface area (Å²) in [6, 6.07) is 6.67. The van der Waals surface area contributed by atoms with E-state index >= 15 is 0 Å². The monoisotopic (exact) mass is 331 g/mol. The second-order valence-corrected chi connectivity index (χ2v) is 6.18. The van der Waals surface area contributed by atoms with E-state index in [1.807, 2.05) is 13.0 Å². The van der Waals surface area contributed by atoms with Gasteiger partial charge in [-0.05, 0) is 24.1 Å². The summed E-state index contributed by atoms with van der Waals surface area (Å²) < 4.78 is 0. The number of hydrogen-bond acceptors (Lipinski definition) is 4. The first kappa shape index (κ1) is 17.2. The van der Waals surface area contributed by atoms with Gasteiger partial charge in [0.15, 0.2) is 11.7 Å². The number of Topliss-reactive ketones (excluding diaryl/α,β-unsaturated/α-hetero) is 1. The zero-order valence-electron chi connectivity index (χ0n) is 13.1. The van der Waals surface area contributed by atoms with Crippen molar-refractivity contribution in [3.05, 3.63) is 39.4 Å². The van der Waals surface area contributed by atoms with E-state index in [4.69, 9.17) is 11.6 Å². The number of halogens is 1. The summed E-state index contributed by atoms with van der Waals surface area (Å²) in [5, 5.41) is 10.2. The van der Waals surface area contributed by atoms with E-state index in [1.54, 1.807) is 18.2 Å². The van der Waals surface area contributed by atoms with Crippen molar-refractivity contribution in [3.8, 4) is 6.07 Å². The van der Waals surface area contributed by atoms with E-state index < -0.39 is 5.92 Å². The van der Waals surface area contributed by atoms with Gasteiger partial charge in [-0.25, -0.2) is 4.98 Å². The Kier molecular flexibility index (Phi) is 5.51. The number of carbonyl (C=O) groups excluding carboxylic acids is 1. The van der Waals surface area contributed by atoms with Crippen molar-refractivity contribution in [3.63, 3.8) is 0 Å². The highest BCUT2D eigenvalue weighted by Crippen LogP contribution is 2.21. The van der Waals surface area contributed by atoms with Crippen molar-refractivity contribution in [2.75, 3.05) is 0 Å². The normalized spacial score (nSPS) is 13.5. The number of nitriles is 1. The summed E-state index contributed by atoms with van der Waals surface area (Å²) in [6.07, 6.45) is 2.19. The Morgan fingerprint density at radius 1 is 1.48 bits per heavy atom. The van der Waals surface area contributed by atoms with E-state index in [9.17, 15) is 14.9 Å². The Morgan fingerprint density at radius 3 is 2.87 bits per heavy atom. The summed E-state index contributed by atoms with van der Waals surface area (Å²) in [5.74, 6) is -1.01. The van der Waals surface area contributed by atoms with Gasteiger partial charge in [-0.15, -0.1) is 0 Å².